The van der Waals surface area contributed by atoms with Gasteiger partial charge in [-0.3, -0.25) is 0 Å². The Kier molecular flexibility index (Phi) is 3.31. The van der Waals surface area contributed by atoms with Crippen LogP contribution in [0, 0.1) is 0 Å². The fourth-order valence-corrected chi connectivity index (χ4v) is 3.58. The van der Waals surface area contributed by atoms with Crippen molar-refractivity contribution in [2.24, 2.45) is 0 Å². The Bertz CT molecular complexity index is 463. The van der Waals surface area contributed by atoms with Gasteiger partial charge in [-0.2, -0.15) is 11.3 Å². The van der Waals surface area contributed by atoms with Gasteiger partial charge in [0.15, 0.2) is 8.07 Å². The van der Waals surface area contributed by atoms with Crippen LogP contribution in [0.1, 0.15) is 5.56 Å². The third-order valence-corrected chi connectivity index (χ3v) is 5.49. The van der Waals surface area contributed by atoms with E-state index in [4.69, 9.17) is 0 Å². The first-order valence-electron chi connectivity index (χ1n) is 5.17. The van der Waals surface area contributed by atoms with Crippen molar-refractivity contribution < 1.29 is 0 Å². The SMILES string of the molecule is C[Si](C)(/C=C/c1ccsc1)c1ncccn1. The van der Waals surface area contributed by atoms with Crippen LogP contribution >= 0.6 is 11.3 Å². The Hall–Kier alpha value is -1.26. The first-order valence-corrected chi connectivity index (χ1v) is 9.19. The molecule has 0 aliphatic carbocycles. The van der Waals surface area contributed by atoms with Crippen molar-refractivity contribution in [1.82, 2.24) is 9.97 Å². The minimum Gasteiger partial charge on any atom is -0.246 e. The van der Waals surface area contributed by atoms with Gasteiger partial charge in [-0.1, -0.05) is 24.9 Å². The Morgan fingerprint density at radius 2 is 2.00 bits per heavy atom. The zero-order valence-electron chi connectivity index (χ0n) is 9.42. The highest BCUT2D eigenvalue weighted by molar-refractivity contribution is 7.08. The largest absolute Gasteiger partial charge is 0.246 e. The molecule has 0 atom stereocenters. The molecule has 0 saturated carbocycles. The normalized spacial score (nSPS) is 12.1. The summed E-state index contributed by atoms with van der Waals surface area (Å²) < 4.78 is 0. The number of rotatable bonds is 3. The highest BCUT2D eigenvalue weighted by Gasteiger charge is 2.22. The van der Waals surface area contributed by atoms with E-state index in [1.54, 1.807) is 11.3 Å². The van der Waals surface area contributed by atoms with Crippen molar-refractivity contribution in [2.75, 3.05) is 0 Å². The van der Waals surface area contributed by atoms with E-state index in [1.165, 1.54) is 5.56 Å². The second kappa shape index (κ2) is 4.72. The molecule has 82 valence electrons. The van der Waals surface area contributed by atoms with Crippen LogP contribution in [0.2, 0.25) is 13.1 Å². The van der Waals surface area contributed by atoms with E-state index >= 15 is 0 Å². The van der Waals surface area contributed by atoms with Crippen molar-refractivity contribution in [3.8, 4) is 0 Å². The molecule has 2 nitrogen and oxygen atoms in total. The van der Waals surface area contributed by atoms with Crippen LogP contribution in [0.5, 0.6) is 0 Å². The summed E-state index contributed by atoms with van der Waals surface area (Å²) >= 11 is 1.72. The summed E-state index contributed by atoms with van der Waals surface area (Å²) in [6, 6.07) is 3.98. The van der Waals surface area contributed by atoms with Crippen LogP contribution in [0.4, 0.5) is 0 Å². The molecular formula is C12H14N2SSi. The van der Waals surface area contributed by atoms with Crippen LogP contribution in [0.25, 0.3) is 6.08 Å². The van der Waals surface area contributed by atoms with Gasteiger partial charge in [-0.15, -0.1) is 0 Å². The van der Waals surface area contributed by atoms with E-state index in [1.807, 2.05) is 18.5 Å². The summed E-state index contributed by atoms with van der Waals surface area (Å²) in [5.41, 5.74) is 4.53. The molecule has 0 unspecified atom stereocenters. The van der Waals surface area contributed by atoms with Gasteiger partial charge in [0, 0.05) is 12.4 Å². The molecular weight excluding hydrogens is 232 g/mol. The molecule has 0 aliphatic heterocycles. The summed E-state index contributed by atoms with van der Waals surface area (Å²) in [6.07, 6.45) is 5.81. The van der Waals surface area contributed by atoms with Gasteiger partial charge in [0.2, 0.25) is 0 Å². The van der Waals surface area contributed by atoms with Crippen molar-refractivity contribution >= 4 is 30.9 Å². The molecule has 4 heteroatoms. The lowest BCUT2D eigenvalue weighted by molar-refractivity contribution is 1.22. The van der Waals surface area contributed by atoms with Crippen molar-refractivity contribution in [2.45, 2.75) is 13.1 Å². The van der Waals surface area contributed by atoms with Gasteiger partial charge < -0.3 is 0 Å². The Morgan fingerprint density at radius 1 is 1.25 bits per heavy atom. The third-order valence-electron chi connectivity index (χ3n) is 2.38. The fourth-order valence-electron chi connectivity index (χ4n) is 1.38. The zero-order valence-corrected chi connectivity index (χ0v) is 11.2. The van der Waals surface area contributed by atoms with E-state index in [0.29, 0.717) is 0 Å². The lowest BCUT2D eigenvalue weighted by Crippen LogP contribution is -2.43. The molecule has 0 bridgehead atoms. The van der Waals surface area contributed by atoms with Gasteiger partial charge >= 0.3 is 0 Å². The summed E-state index contributed by atoms with van der Waals surface area (Å²) in [5, 5.41) is 4.24. The maximum absolute atomic E-state index is 4.35. The van der Waals surface area contributed by atoms with Crippen LogP contribution in [0.15, 0.2) is 41.0 Å². The molecule has 2 heterocycles. The molecule has 0 amide bonds. The molecule has 2 aromatic heterocycles. The number of thiophene rings is 1. The van der Waals surface area contributed by atoms with Crippen molar-refractivity contribution in [1.29, 1.82) is 0 Å². The van der Waals surface area contributed by atoms with Gasteiger partial charge in [-0.05, 0) is 28.5 Å². The zero-order chi connectivity index (χ0) is 11.4. The topological polar surface area (TPSA) is 25.8 Å². The van der Waals surface area contributed by atoms with E-state index in [2.05, 4.69) is 51.7 Å². The standard InChI is InChI=1S/C12H14N2SSi/c1-16(2,12-13-6-3-7-14-12)9-5-11-4-8-15-10-11/h3-10H,1-2H3/b9-5+. The average Bonchev–Trinajstić information content (AvgIpc) is 2.81. The van der Waals surface area contributed by atoms with E-state index < -0.39 is 8.07 Å². The highest BCUT2D eigenvalue weighted by atomic mass is 32.1. The number of hydrogen-bond acceptors (Lipinski definition) is 3. The molecule has 0 aliphatic rings. The summed E-state index contributed by atoms with van der Waals surface area (Å²) in [7, 11) is -1.63. The monoisotopic (exact) mass is 246 g/mol. The lowest BCUT2D eigenvalue weighted by atomic mass is 10.3. The van der Waals surface area contributed by atoms with Gasteiger partial charge in [0.25, 0.3) is 0 Å². The predicted molar refractivity (Wildman–Crippen MR) is 72.5 cm³/mol. The fraction of sp³-hybridized carbons (Fsp3) is 0.167. The van der Waals surface area contributed by atoms with Gasteiger partial charge in [-0.25, -0.2) is 9.97 Å². The van der Waals surface area contributed by atoms with Crippen molar-refractivity contribution in [3.63, 3.8) is 0 Å². The molecule has 0 fully saturated rings. The quantitative estimate of drug-likeness (QED) is 0.778. The molecule has 16 heavy (non-hydrogen) atoms. The number of nitrogens with zero attached hydrogens (tertiary/aromatic N) is 2. The van der Waals surface area contributed by atoms with E-state index in [0.717, 1.165) is 5.45 Å². The average molecular weight is 246 g/mol. The molecule has 0 saturated heterocycles. The molecule has 0 N–H and O–H groups in total. The Morgan fingerprint density at radius 3 is 2.62 bits per heavy atom. The lowest BCUT2D eigenvalue weighted by Gasteiger charge is -2.14. The van der Waals surface area contributed by atoms with Crippen LogP contribution < -0.4 is 5.45 Å². The molecule has 0 spiro atoms. The molecule has 2 rings (SSSR count). The first kappa shape index (κ1) is 11.2. The number of hydrogen-bond donors (Lipinski definition) is 0. The van der Waals surface area contributed by atoms with Crippen LogP contribution in [0.3, 0.4) is 0 Å². The molecule has 2 aromatic rings. The van der Waals surface area contributed by atoms with Crippen LogP contribution in [-0.4, -0.2) is 18.0 Å². The minimum absolute atomic E-state index is 0.987. The third kappa shape index (κ3) is 2.65. The summed E-state index contributed by atoms with van der Waals surface area (Å²) in [4.78, 5) is 8.70. The smallest absolute Gasteiger partial charge is 0.152 e. The van der Waals surface area contributed by atoms with Gasteiger partial charge in [0.05, 0.1) is 0 Å². The van der Waals surface area contributed by atoms with E-state index in [-0.39, 0.29) is 0 Å². The molecule has 0 radical (unpaired) electrons. The van der Waals surface area contributed by atoms with E-state index in [9.17, 15) is 0 Å². The van der Waals surface area contributed by atoms with Crippen molar-refractivity contribution in [3.05, 3.63) is 46.5 Å². The Balaban J connectivity index is 2.20. The number of aromatic nitrogens is 2. The summed E-state index contributed by atoms with van der Waals surface area (Å²) in [5.74, 6) is 0. The maximum atomic E-state index is 4.35. The maximum Gasteiger partial charge on any atom is 0.152 e. The van der Waals surface area contributed by atoms with Gasteiger partial charge in [0.1, 0.15) is 5.45 Å². The van der Waals surface area contributed by atoms with Crippen LogP contribution in [-0.2, 0) is 0 Å². The molecule has 0 aromatic carbocycles. The predicted octanol–water partition coefficient (Wildman–Crippen LogP) is 2.71. The summed E-state index contributed by atoms with van der Waals surface area (Å²) in [6.45, 7) is 4.51. The second-order valence-corrected chi connectivity index (χ2v) is 9.19. The minimum atomic E-state index is -1.63. The second-order valence-electron chi connectivity index (χ2n) is 4.18. The first-order chi connectivity index (χ1) is 7.68. The Labute approximate surface area is 101 Å². The highest BCUT2D eigenvalue weighted by Crippen LogP contribution is 2.10.